The minimum absolute atomic E-state index is 0.0611. The lowest BCUT2D eigenvalue weighted by Crippen LogP contribution is -2.42. The molecule has 2 aromatic carbocycles. The summed E-state index contributed by atoms with van der Waals surface area (Å²) in [5, 5.41) is 4.95. The number of rotatable bonds is 5. The SMILES string of the molecule is Cc1cccc2c1c(C(=O)NCC1(c3ccc(Cl)cc3)CCCCC1)cn2-c1ncccn1. The van der Waals surface area contributed by atoms with Crippen molar-refractivity contribution in [2.24, 2.45) is 0 Å². The lowest BCUT2D eigenvalue weighted by Gasteiger charge is -2.38. The predicted molar refractivity (Wildman–Crippen MR) is 132 cm³/mol. The normalized spacial score (nSPS) is 15.5. The van der Waals surface area contributed by atoms with Gasteiger partial charge < -0.3 is 5.32 Å². The Morgan fingerprint density at radius 2 is 1.76 bits per heavy atom. The van der Waals surface area contributed by atoms with Gasteiger partial charge in [-0.15, -0.1) is 0 Å². The zero-order valence-electron chi connectivity index (χ0n) is 18.7. The van der Waals surface area contributed by atoms with Crippen LogP contribution in [0.3, 0.4) is 0 Å². The summed E-state index contributed by atoms with van der Waals surface area (Å²) < 4.78 is 1.90. The average Bonchev–Trinajstić information content (AvgIpc) is 3.25. The van der Waals surface area contributed by atoms with E-state index >= 15 is 0 Å². The Hall–Kier alpha value is -3.18. The van der Waals surface area contributed by atoms with Crippen molar-refractivity contribution in [3.8, 4) is 5.95 Å². The Morgan fingerprint density at radius 1 is 1.03 bits per heavy atom. The molecule has 0 saturated heterocycles. The molecule has 1 aliphatic rings. The van der Waals surface area contributed by atoms with Gasteiger partial charge in [-0.25, -0.2) is 9.97 Å². The third-order valence-electron chi connectivity index (χ3n) is 6.90. The minimum Gasteiger partial charge on any atom is -0.351 e. The zero-order chi connectivity index (χ0) is 22.8. The van der Waals surface area contributed by atoms with Crippen LogP contribution in [0.2, 0.25) is 5.02 Å². The van der Waals surface area contributed by atoms with Crippen LogP contribution in [0.4, 0.5) is 0 Å². The molecule has 0 unspecified atom stereocenters. The van der Waals surface area contributed by atoms with Gasteiger partial charge in [0.05, 0.1) is 11.1 Å². The highest BCUT2D eigenvalue weighted by Crippen LogP contribution is 2.39. The molecule has 0 radical (unpaired) electrons. The second-order valence-corrected chi connectivity index (χ2v) is 9.40. The van der Waals surface area contributed by atoms with Crippen LogP contribution in [0.5, 0.6) is 0 Å². The number of carbonyl (C=O) groups is 1. The zero-order valence-corrected chi connectivity index (χ0v) is 19.5. The summed E-state index contributed by atoms with van der Waals surface area (Å²) in [6.45, 7) is 2.64. The predicted octanol–water partition coefficient (Wildman–Crippen LogP) is 6.01. The number of nitrogens with one attached hydrogen (secondary N) is 1. The first-order chi connectivity index (χ1) is 16.1. The molecule has 4 aromatic rings. The van der Waals surface area contributed by atoms with Crippen molar-refractivity contribution in [1.82, 2.24) is 19.9 Å². The van der Waals surface area contributed by atoms with Gasteiger partial charge in [-0.1, -0.05) is 55.1 Å². The second kappa shape index (κ2) is 8.99. The highest BCUT2D eigenvalue weighted by molar-refractivity contribution is 6.30. The fraction of sp³-hybridized carbons (Fsp3) is 0.296. The van der Waals surface area contributed by atoms with E-state index in [1.807, 2.05) is 48.0 Å². The number of aryl methyl sites for hydroxylation is 1. The lowest BCUT2D eigenvalue weighted by atomic mass is 9.69. The maximum Gasteiger partial charge on any atom is 0.253 e. The minimum atomic E-state index is -0.0668. The van der Waals surface area contributed by atoms with E-state index in [0.717, 1.165) is 34.3 Å². The van der Waals surface area contributed by atoms with Gasteiger partial charge in [0.2, 0.25) is 5.95 Å². The van der Waals surface area contributed by atoms with E-state index in [4.69, 9.17) is 11.6 Å². The van der Waals surface area contributed by atoms with Crippen LogP contribution in [0.1, 0.15) is 53.6 Å². The molecule has 0 spiro atoms. The molecular weight excluding hydrogens is 432 g/mol. The summed E-state index contributed by atoms with van der Waals surface area (Å²) in [6.07, 6.45) is 11.0. The van der Waals surface area contributed by atoms with E-state index in [-0.39, 0.29) is 11.3 Å². The summed E-state index contributed by atoms with van der Waals surface area (Å²) in [5.41, 5.74) is 3.82. The van der Waals surface area contributed by atoms with E-state index in [2.05, 4.69) is 27.4 Å². The van der Waals surface area contributed by atoms with Crippen molar-refractivity contribution < 1.29 is 4.79 Å². The third kappa shape index (κ3) is 4.13. The molecule has 33 heavy (non-hydrogen) atoms. The molecule has 2 heterocycles. The Morgan fingerprint density at radius 3 is 2.48 bits per heavy atom. The van der Waals surface area contributed by atoms with E-state index in [1.165, 1.54) is 24.8 Å². The van der Waals surface area contributed by atoms with Gasteiger partial charge in [-0.3, -0.25) is 9.36 Å². The molecule has 168 valence electrons. The fourth-order valence-electron chi connectivity index (χ4n) is 5.16. The maximum atomic E-state index is 13.5. The van der Waals surface area contributed by atoms with Crippen molar-refractivity contribution in [3.63, 3.8) is 0 Å². The first-order valence-corrected chi connectivity index (χ1v) is 11.9. The molecule has 0 bridgehead atoms. The number of benzene rings is 2. The van der Waals surface area contributed by atoms with Crippen LogP contribution in [0.15, 0.2) is 67.1 Å². The van der Waals surface area contributed by atoms with Gasteiger partial charge in [0.1, 0.15) is 0 Å². The average molecular weight is 459 g/mol. The number of aromatic nitrogens is 3. The van der Waals surface area contributed by atoms with E-state index in [0.29, 0.717) is 18.1 Å². The summed E-state index contributed by atoms with van der Waals surface area (Å²) in [4.78, 5) is 22.3. The van der Waals surface area contributed by atoms with Gasteiger partial charge in [0, 0.05) is 41.0 Å². The van der Waals surface area contributed by atoms with E-state index < -0.39 is 0 Å². The quantitative estimate of drug-likeness (QED) is 0.398. The van der Waals surface area contributed by atoms with Gasteiger partial charge in [0.15, 0.2) is 0 Å². The highest BCUT2D eigenvalue weighted by Gasteiger charge is 2.34. The molecular formula is C27H27ClN4O. The number of amides is 1. The van der Waals surface area contributed by atoms with E-state index in [9.17, 15) is 4.79 Å². The van der Waals surface area contributed by atoms with Crippen LogP contribution < -0.4 is 5.32 Å². The number of hydrogen-bond donors (Lipinski definition) is 1. The van der Waals surface area contributed by atoms with Crippen LogP contribution in [0.25, 0.3) is 16.9 Å². The maximum absolute atomic E-state index is 13.5. The van der Waals surface area contributed by atoms with Crippen molar-refractivity contribution in [2.75, 3.05) is 6.54 Å². The molecule has 1 saturated carbocycles. The van der Waals surface area contributed by atoms with Crippen LogP contribution >= 0.6 is 11.6 Å². The summed E-state index contributed by atoms with van der Waals surface area (Å²) in [7, 11) is 0. The monoisotopic (exact) mass is 458 g/mol. The molecule has 1 fully saturated rings. The molecule has 1 aliphatic carbocycles. The lowest BCUT2D eigenvalue weighted by molar-refractivity contribution is 0.0938. The first kappa shape index (κ1) is 21.7. The molecule has 5 nitrogen and oxygen atoms in total. The summed E-state index contributed by atoms with van der Waals surface area (Å²) >= 11 is 6.14. The first-order valence-electron chi connectivity index (χ1n) is 11.5. The number of nitrogens with zero attached hydrogens (tertiary/aromatic N) is 3. The Bertz CT molecular complexity index is 1270. The number of hydrogen-bond acceptors (Lipinski definition) is 3. The summed E-state index contributed by atoms with van der Waals surface area (Å²) in [6, 6.07) is 15.9. The topological polar surface area (TPSA) is 59.8 Å². The van der Waals surface area contributed by atoms with Gasteiger partial charge >= 0.3 is 0 Å². The van der Waals surface area contributed by atoms with E-state index in [1.54, 1.807) is 18.5 Å². The van der Waals surface area contributed by atoms with Crippen molar-refractivity contribution in [1.29, 1.82) is 0 Å². The molecule has 1 N–H and O–H groups in total. The Labute approximate surface area is 198 Å². The second-order valence-electron chi connectivity index (χ2n) is 8.96. The largest absolute Gasteiger partial charge is 0.351 e. The van der Waals surface area contributed by atoms with Gasteiger partial charge in [0.25, 0.3) is 5.91 Å². The Balaban J connectivity index is 1.48. The van der Waals surface area contributed by atoms with Crippen LogP contribution in [-0.4, -0.2) is 27.0 Å². The van der Waals surface area contributed by atoms with Crippen molar-refractivity contribution in [3.05, 3.63) is 88.8 Å². The van der Waals surface area contributed by atoms with Gasteiger partial charge in [-0.05, 0) is 55.2 Å². The molecule has 2 aromatic heterocycles. The fourth-order valence-corrected chi connectivity index (χ4v) is 5.29. The van der Waals surface area contributed by atoms with Crippen LogP contribution in [-0.2, 0) is 5.41 Å². The number of halogens is 1. The van der Waals surface area contributed by atoms with Gasteiger partial charge in [-0.2, -0.15) is 0 Å². The summed E-state index contributed by atoms with van der Waals surface area (Å²) in [5.74, 6) is 0.486. The molecule has 6 heteroatoms. The standard InChI is InChI=1S/C27H27ClN4O/c1-19-7-5-8-23-24(19)22(17-32(23)26-29-15-6-16-30-26)25(33)31-18-27(13-3-2-4-14-27)20-9-11-21(28)12-10-20/h5-12,15-17H,2-4,13-14,18H2,1H3,(H,31,33). The van der Waals surface area contributed by atoms with Crippen LogP contribution in [0, 0.1) is 6.92 Å². The van der Waals surface area contributed by atoms with Crippen molar-refractivity contribution >= 4 is 28.4 Å². The number of carbonyl (C=O) groups excluding carboxylic acids is 1. The molecule has 0 aliphatic heterocycles. The number of fused-ring (bicyclic) bond motifs is 1. The molecule has 1 amide bonds. The van der Waals surface area contributed by atoms with Crippen molar-refractivity contribution in [2.45, 2.75) is 44.4 Å². The molecule has 5 rings (SSSR count). The highest BCUT2D eigenvalue weighted by atomic mass is 35.5. The third-order valence-corrected chi connectivity index (χ3v) is 7.16. The Kier molecular flexibility index (Phi) is 5.90. The molecule has 0 atom stereocenters. The smallest absolute Gasteiger partial charge is 0.253 e.